The summed E-state index contributed by atoms with van der Waals surface area (Å²) < 4.78 is 27.3. The topological polar surface area (TPSA) is 101 Å². The van der Waals surface area contributed by atoms with Crippen LogP contribution in [0.3, 0.4) is 0 Å². The first-order chi connectivity index (χ1) is 8.44. The monoisotopic (exact) mass is 273 g/mol. The van der Waals surface area contributed by atoms with Crippen molar-refractivity contribution in [2.24, 2.45) is 5.92 Å². The van der Waals surface area contributed by atoms with Crippen molar-refractivity contribution >= 4 is 21.7 Å². The predicted molar refractivity (Wildman–Crippen MR) is 65.0 cm³/mol. The average molecular weight is 273 g/mol. The number of nitrogens with one attached hydrogen (secondary N) is 2. The van der Waals surface area contributed by atoms with Crippen LogP contribution in [0.1, 0.15) is 12.2 Å². The van der Waals surface area contributed by atoms with Crippen molar-refractivity contribution in [3.63, 3.8) is 0 Å². The van der Waals surface area contributed by atoms with Crippen molar-refractivity contribution in [2.45, 2.75) is 13.3 Å². The normalized spacial score (nSPS) is 21.7. The van der Waals surface area contributed by atoms with Crippen LogP contribution in [-0.2, 0) is 9.84 Å². The summed E-state index contributed by atoms with van der Waals surface area (Å²) in [6.07, 6.45) is 0.603. The molecular formula is C10H15N3O4S. The maximum Gasteiger partial charge on any atom is 0.320 e. The Balaban J connectivity index is 1.76. The second-order valence-corrected chi connectivity index (χ2v) is 6.66. The number of sulfone groups is 1. The summed E-state index contributed by atoms with van der Waals surface area (Å²) >= 11 is 0. The van der Waals surface area contributed by atoms with Gasteiger partial charge in [0.25, 0.3) is 0 Å². The molecule has 0 saturated carbocycles. The molecule has 1 aliphatic heterocycles. The van der Waals surface area contributed by atoms with E-state index in [1.165, 1.54) is 0 Å². The van der Waals surface area contributed by atoms with E-state index in [0.717, 1.165) is 0 Å². The van der Waals surface area contributed by atoms with E-state index in [9.17, 15) is 13.2 Å². The highest BCUT2D eigenvalue weighted by atomic mass is 32.2. The van der Waals surface area contributed by atoms with Crippen molar-refractivity contribution in [1.82, 2.24) is 10.5 Å². The highest BCUT2D eigenvalue weighted by Gasteiger charge is 2.27. The van der Waals surface area contributed by atoms with E-state index in [0.29, 0.717) is 24.5 Å². The molecule has 2 amide bonds. The van der Waals surface area contributed by atoms with E-state index in [4.69, 9.17) is 4.52 Å². The fourth-order valence-corrected chi connectivity index (χ4v) is 3.72. The van der Waals surface area contributed by atoms with Gasteiger partial charge in [-0.05, 0) is 19.3 Å². The lowest BCUT2D eigenvalue weighted by Crippen LogP contribution is -2.33. The van der Waals surface area contributed by atoms with Gasteiger partial charge in [-0.1, -0.05) is 5.16 Å². The summed E-state index contributed by atoms with van der Waals surface area (Å²) in [7, 11) is -2.90. The van der Waals surface area contributed by atoms with Gasteiger partial charge in [-0.2, -0.15) is 0 Å². The maximum absolute atomic E-state index is 11.5. The molecule has 1 aromatic heterocycles. The molecule has 7 nitrogen and oxygen atoms in total. The third kappa shape index (κ3) is 3.46. The van der Waals surface area contributed by atoms with Crippen molar-refractivity contribution < 1.29 is 17.7 Å². The van der Waals surface area contributed by atoms with Crippen LogP contribution < -0.4 is 10.6 Å². The summed E-state index contributed by atoms with van der Waals surface area (Å²) in [6, 6.07) is 1.19. The molecule has 2 heterocycles. The zero-order valence-electron chi connectivity index (χ0n) is 9.97. The van der Waals surface area contributed by atoms with Crippen LogP contribution in [-0.4, -0.2) is 37.7 Å². The summed E-state index contributed by atoms with van der Waals surface area (Å²) in [5, 5.41) is 8.74. The Bertz CT molecular complexity index is 537. The minimum Gasteiger partial charge on any atom is -0.360 e. The van der Waals surface area contributed by atoms with Crippen LogP contribution in [0.5, 0.6) is 0 Å². The van der Waals surface area contributed by atoms with E-state index in [1.54, 1.807) is 13.0 Å². The summed E-state index contributed by atoms with van der Waals surface area (Å²) in [5.41, 5.74) is 0. The van der Waals surface area contributed by atoms with Gasteiger partial charge in [-0.3, -0.25) is 5.32 Å². The number of carbonyl (C=O) groups is 1. The molecule has 0 spiro atoms. The lowest BCUT2D eigenvalue weighted by Gasteiger charge is -2.09. The van der Waals surface area contributed by atoms with Gasteiger partial charge >= 0.3 is 6.03 Å². The Kier molecular flexibility index (Phi) is 3.55. The number of anilines is 1. The third-order valence-electron chi connectivity index (χ3n) is 2.75. The molecule has 1 aromatic rings. The molecule has 2 rings (SSSR count). The Labute approximate surface area is 105 Å². The van der Waals surface area contributed by atoms with E-state index in [1.807, 2.05) is 0 Å². The number of nitrogens with zero attached hydrogens (tertiary/aromatic N) is 1. The fourth-order valence-electron chi connectivity index (χ4n) is 1.86. The Hall–Kier alpha value is -1.57. The predicted octanol–water partition coefficient (Wildman–Crippen LogP) is 0.539. The van der Waals surface area contributed by atoms with Crippen molar-refractivity contribution in [1.29, 1.82) is 0 Å². The lowest BCUT2D eigenvalue weighted by atomic mass is 10.1. The molecule has 0 bridgehead atoms. The molecule has 1 fully saturated rings. The quantitative estimate of drug-likeness (QED) is 0.837. The van der Waals surface area contributed by atoms with Crippen LogP contribution in [0.4, 0.5) is 10.6 Å². The van der Waals surface area contributed by atoms with Crippen LogP contribution in [0, 0.1) is 12.8 Å². The number of hydrogen-bond donors (Lipinski definition) is 2. The third-order valence-corrected chi connectivity index (χ3v) is 4.58. The molecule has 18 heavy (non-hydrogen) atoms. The SMILES string of the molecule is Cc1cc(NC(=O)NC[C@@H]2CCS(=O)(=O)C2)no1. The molecule has 0 aromatic carbocycles. The van der Waals surface area contributed by atoms with Crippen LogP contribution in [0.15, 0.2) is 10.6 Å². The number of hydrogen-bond acceptors (Lipinski definition) is 5. The Morgan fingerprint density at radius 2 is 2.39 bits per heavy atom. The zero-order valence-corrected chi connectivity index (χ0v) is 10.8. The molecule has 8 heteroatoms. The summed E-state index contributed by atoms with van der Waals surface area (Å²) in [6.45, 7) is 2.07. The zero-order chi connectivity index (χ0) is 13.2. The molecule has 1 atom stereocenters. The maximum atomic E-state index is 11.5. The van der Waals surface area contributed by atoms with Crippen molar-refractivity contribution in [3.05, 3.63) is 11.8 Å². The molecule has 1 saturated heterocycles. The van der Waals surface area contributed by atoms with Gasteiger partial charge in [0.1, 0.15) is 5.76 Å². The van der Waals surface area contributed by atoms with Crippen molar-refractivity contribution in [2.75, 3.05) is 23.4 Å². The molecule has 0 radical (unpaired) electrons. The number of urea groups is 1. The van der Waals surface area contributed by atoms with E-state index in [-0.39, 0.29) is 17.4 Å². The van der Waals surface area contributed by atoms with E-state index < -0.39 is 15.9 Å². The van der Waals surface area contributed by atoms with Gasteiger partial charge in [0.05, 0.1) is 11.5 Å². The molecular weight excluding hydrogens is 258 g/mol. The lowest BCUT2D eigenvalue weighted by molar-refractivity contribution is 0.250. The molecule has 2 N–H and O–H groups in total. The molecule has 1 aliphatic rings. The second-order valence-electron chi connectivity index (χ2n) is 4.43. The Morgan fingerprint density at radius 1 is 1.61 bits per heavy atom. The van der Waals surface area contributed by atoms with Gasteiger partial charge in [0.2, 0.25) is 0 Å². The standard InChI is InChI=1S/C10H15N3O4S/c1-7-4-9(13-17-7)12-10(14)11-5-8-2-3-18(15,16)6-8/h4,8H,2-3,5-6H2,1H3,(H2,11,12,13,14)/t8-/m0/s1. The van der Waals surface area contributed by atoms with Gasteiger partial charge < -0.3 is 9.84 Å². The van der Waals surface area contributed by atoms with Crippen LogP contribution >= 0.6 is 0 Å². The van der Waals surface area contributed by atoms with Crippen LogP contribution in [0.2, 0.25) is 0 Å². The highest BCUT2D eigenvalue weighted by molar-refractivity contribution is 7.91. The number of amides is 2. The van der Waals surface area contributed by atoms with Crippen LogP contribution in [0.25, 0.3) is 0 Å². The molecule has 0 unspecified atom stereocenters. The van der Waals surface area contributed by atoms with Gasteiger partial charge in [-0.25, -0.2) is 13.2 Å². The minimum atomic E-state index is -2.90. The first kappa shape index (κ1) is 12.9. The molecule has 100 valence electrons. The van der Waals surface area contributed by atoms with Gasteiger partial charge in [0.15, 0.2) is 15.7 Å². The van der Waals surface area contributed by atoms with Crippen molar-refractivity contribution in [3.8, 4) is 0 Å². The number of aryl methyl sites for hydroxylation is 1. The number of aromatic nitrogens is 1. The first-order valence-electron chi connectivity index (χ1n) is 5.63. The molecule has 0 aliphatic carbocycles. The average Bonchev–Trinajstić information content (AvgIpc) is 2.82. The van der Waals surface area contributed by atoms with Gasteiger partial charge in [-0.15, -0.1) is 0 Å². The first-order valence-corrected chi connectivity index (χ1v) is 7.45. The number of rotatable bonds is 3. The second kappa shape index (κ2) is 4.97. The van der Waals surface area contributed by atoms with Gasteiger partial charge in [0, 0.05) is 12.6 Å². The fraction of sp³-hybridized carbons (Fsp3) is 0.600. The Morgan fingerprint density at radius 3 is 2.94 bits per heavy atom. The highest BCUT2D eigenvalue weighted by Crippen LogP contribution is 2.17. The minimum absolute atomic E-state index is 0.000190. The largest absolute Gasteiger partial charge is 0.360 e. The van der Waals surface area contributed by atoms with E-state index in [2.05, 4.69) is 15.8 Å². The summed E-state index contributed by atoms with van der Waals surface area (Å²) in [5.74, 6) is 1.30. The van der Waals surface area contributed by atoms with E-state index >= 15 is 0 Å². The smallest absolute Gasteiger partial charge is 0.320 e. The summed E-state index contributed by atoms with van der Waals surface area (Å²) in [4.78, 5) is 11.5. The number of carbonyl (C=O) groups excluding carboxylic acids is 1.